The minimum absolute atomic E-state index is 0.00526. The maximum atomic E-state index is 13.4. The second-order valence-corrected chi connectivity index (χ2v) is 11.5. The van der Waals surface area contributed by atoms with Gasteiger partial charge in [-0.25, -0.2) is 4.98 Å². The van der Waals surface area contributed by atoms with Crippen LogP contribution in [0.1, 0.15) is 46.2 Å². The number of benzene rings is 1. The number of thiophene rings is 1. The molecule has 1 saturated carbocycles. The Morgan fingerprint density at radius 3 is 2.89 bits per heavy atom. The molecule has 7 rings (SSSR count). The van der Waals surface area contributed by atoms with Gasteiger partial charge in [-0.1, -0.05) is 18.7 Å². The van der Waals surface area contributed by atoms with E-state index < -0.39 is 0 Å². The molecule has 8 nitrogen and oxygen atoms in total. The number of carbonyl (C=O) groups is 2. The normalized spacial score (nSPS) is 21.6. The van der Waals surface area contributed by atoms with E-state index in [1.54, 1.807) is 6.20 Å². The van der Waals surface area contributed by atoms with Gasteiger partial charge < -0.3 is 9.47 Å². The van der Waals surface area contributed by atoms with Crippen molar-refractivity contribution in [3.05, 3.63) is 77.5 Å². The average molecular weight is 523 g/mol. The van der Waals surface area contributed by atoms with E-state index in [0.717, 1.165) is 65.1 Å². The number of likely N-dealkylation sites (tertiary alicyclic amines) is 1. The predicted molar refractivity (Wildman–Crippen MR) is 149 cm³/mol. The first-order valence-corrected chi connectivity index (χ1v) is 13.6. The van der Waals surface area contributed by atoms with Crippen molar-refractivity contribution in [3.8, 4) is 10.4 Å². The van der Waals surface area contributed by atoms with E-state index in [1.807, 2.05) is 47.5 Å². The van der Waals surface area contributed by atoms with Crippen LogP contribution in [0.15, 0.2) is 66.3 Å². The lowest BCUT2D eigenvalue weighted by molar-refractivity contribution is -0.125. The molecule has 38 heavy (non-hydrogen) atoms. The van der Waals surface area contributed by atoms with Gasteiger partial charge in [0, 0.05) is 47.5 Å². The number of hydrogen-bond donors (Lipinski definition) is 1. The number of pyridine rings is 1. The van der Waals surface area contributed by atoms with Crippen LogP contribution in [-0.4, -0.2) is 50.6 Å². The van der Waals surface area contributed by atoms with Crippen molar-refractivity contribution in [2.45, 2.75) is 31.8 Å². The Morgan fingerprint density at radius 1 is 1.16 bits per heavy atom. The standard InChI is InChI=1S/C29H26N6O2S/c1-2-26(36)34-12-10-29(17-34)13-18(14-29)35-23-6-4-3-5-21(23)32-28(35)33-27(37)25-8-7-24(38-25)19-9-11-31-22-16-30-15-20(19)22/h2-9,11,15,18H,1,10,12-14,16-17H2,(H,32,33,37). The van der Waals surface area contributed by atoms with Crippen molar-refractivity contribution >= 4 is 46.3 Å². The molecule has 5 heterocycles. The molecule has 4 aromatic rings. The van der Waals surface area contributed by atoms with Gasteiger partial charge in [0.15, 0.2) is 0 Å². The van der Waals surface area contributed by atoms with E-state index in [0.29, 0.717) is 17.4 Å². The van der Waals surface area contributed by atoms with E-state index in [1.165, 1.54) is 17.4 Å². The van der Waals surface area contributed by atoms with Crippen LogP contribution in [0.5, 0.6) is 0 Å². The molecule has 2 amide bonds. The average Bonchev–Trinajstić information content (AvgIpc) is 3.71. The molecule has 1 aromatic carbocycles. The predicted octanol–water partition coefficient (Wildman–Crippen LogP) is 5.08. The summed E-state index contributed by atoms with van der Waals surface area (Å²) in [5, 5.41) is 3.10. The maximum Gasteiger partial charge on any atom is 0.268 e. The number of hydrogen-bond acceptors (Lipinski definition) is 6. The molecular weight excluding hydrogens is 496 g/mol. The van der Waals surface area contributed by atoms with Gasteiger partial charge in [0.25, 0.3) is 5.91 Å². The smallest absolute Gasteiger partial charge is 0.268 e. The summed E-state index contributed by atoms with van der Waals surface area (Å²) in [6, 6.07) is 14.0. The third-order valence-electron chi connectivity index (χ3n) is 8.08. The zero-order chi connectivity index (χ0) is 25.9. The number of carbonyl (C=O) groups excluding carboxylic acids is 2. The third-order valence-corrected chi connectivity index (χ3v) is 9.19. The summed E-state index contributed by atoms with van der Waals surface area (Å²) in [5.41, 5.74) is 5.05. The van der Waals surface area contributed by atoms with Crippen molar-refractivity contribution in [1.82, 2.24) is 19.4 Å². The van der Waals surface area contributed by atoms with Crippen LogP contribution in [0.3, 0.4) is 0 Å². The van der Waals surface area contributed by atoms with Crippen LogP contribution in [0.25, 0.3) is 21.5 Å². The van der Waals surface area contributed by atoms with Crippen molar-refractivity contribution in [3.63, 3.8) is 0 Å². The highest BCUT2D eigenvalue weighted by atomic mass is 32.1. The molecule has 1 saturated heterocycles. The van der Waals surface area contributed by atoms with Gasteiger partial charge in [0.05, 0.1) is 28.1 Å². The van der Waals surface area contributed by atoms with Crippen molar-refractivity contribution in [2.75, 3.05) is 18.4 Å². The number of nitrogens with one attached hydrogen (secondary N) is 1. The molecule has 1 spiro atoms. The monoisotopic (exact) mass is 522 g/mol. The number of imidazole rings is 1. The molecular formula is C29H26N6O2S. The summed E-state index contributed by atoms with van der Waals surface area (Å²) < 4.78 is 2.18. The fourth-order valence-corrected chi connectivity index (χ4v) is 7.14. The van der Waals surface area contributed by atoms with E-state index in [4.69, 9.17) is 4.98 Å². The second kappa shape index (κ2) is 8.73. The third kappa shape index (κ3) is 3.68. The lowest BCUT2D eigenvalue weighted by Gasteiger charge is -2.46. The molecule has 2 fully saturated rings. The lowest BCUT2D eigenvalue weighted by atomic mass is 9.65. The van der Waals surface area contributed by atoms with Gasteiger partial charge in [-0.3, -0.25) is 24.9 Å². The molecule has 0 bridgehead atoms. The molecule has 3 aliphatic rings. The highest BCUT2D eigenvalue weighted by molar-refractivity contribution is 7.17. The van der Waals surface area contributed by atoms with E-state index in [2.05, 4.69) is 32.5 Å². The van der Waals surface area contributed by atoms with Crippen LogP contribution < -0.4 is 5.32 Å². The van der Waals surface area contributed by atoms with Crippen molar-refractivity contribution in [2.24, 2.45) is 10.4 Å². The number of nitrogens with zero attached hydrogens (tertiary/aromatic N) is 5. The Balaban J connectivity index is 1.14. The first-order valence-electron chi connectivity index (χ1n) is 12.8. The van der Waals surface area contributed by atoms with Gasteiger partial charge in [0.1, 0.15) is 0 Å². The summed E-state index contributed by atoms with van der Waals surface area (Å²) in [7, 11) is 0. The fourth-order valence-electron chi connectivity index (χ4n) is 6.20. The maximum absolute atomic E-state index is 13.4. The Labute approximate surface area is 223 Å². The highest BCUT2D eigenvalue weighted by Crippen LogP contribution is 2.55. The molecule has 3 aromatic heterocycles. The SMILES string of the molecule is C=CC(=O)N1CCC2(CC(n3c(NC(=O)c4ccc(-c5ccnc6c5C=NC6)s4)nc4ccccc43)C2)C1. The number of rotatable bonds is 5. The van der Waals surface area contributed by atoms with E-state index in [9.17, 15) is 9.59 Å². The van der Waals surface area contributed by atoms with E-state index >= 15 is 0 Å². The summed E-state index contributed by atoms with van der Waals surface area (Å²) in [4.78, 5) is 42.6. The molecule has 0 radical (unpaired) electrons. The number of amides is 2. The topological polar surface area (TPSA) is 92.5 Å². The van der Waals surface area contributed by atoms with Crippen LogP contribution in [-0.2, 0) is 11.3 Å². The quantitative estimate of drug-likeness (QED) is 0.370. The first-order chi connectivity index (χ1) is 18.5. The highest BCUT2D eigenvalue weighted by Gasteiger charge is 2.50. The summed E-state index contributed by atoms with van der Waals surface area (Å²) >= 11 is 1.46. The molecule has 2 aliphatic heterocycles. The molecule has 190 valence electrons. The Kier molecular flexibility index (Phi) is 5.29. The second-order valence-electron chi connectivity index (χ2n) is 10.4. The van der Waals surface area contributed by atoms with Gasteiger partial charge in [-0.15, -0.1) is 11.3 Å². The fraction of sp³-hybridized carbons (Fsp3) is 0.276. The zero-order valence-electron chi connectivity index (χ0n) is 20.8. The molecule has 1 N–H and O–H groups in total. The minimum atomic E-state index is -0.171. The Bertz CT molecular complexity index is 1640. The Hall–Kier alpha value is -4.11. The molecule has 0 atom stereocenters. The number of aliphatic imine (C=N–C) groups is 1. The largest absolute Gasteiger partial charge is 0.339 e. The lowest BCUT2D eigenvalue weighted by Crippen LogP contribution is -2.42. The number of fused-ring (bicyclic) bond motifs is 2. The van der Waals surface area contributed by atoms with Crippen molar-refractivity contribution in [1.29, 1.82) is 0 Å². The van der Waals surface area contributed by atoms with Crippen LogP contribution in [0.4, 0.5) is 5.95 Å². The van der Waals surface area contributed by atoms with E-state index in [-0.39, 0.29) is 23.3 Å². The van der Waals surface area contributed by atoms with Crippen molar-refractivity contribution < 1.29 is 9.59 Å². The first kappa shape index (κ1) is 23.0. The Morgan fingerprint density at radius 2 is 2.03 bits per heavy atom. The van der Waals surface area contributed by atoms with Crippen LogP contribution in [0.2, 0.25) is 0 Å². The van der Waals surface area contributed by atoms with Gasteiger partial charge in [0.2, 0.25) is 11.9 Å². The number of aromatic nitrogens is 3. The summed E-state index contributed by atoms with van der Waals surface area (Å²) in [5.74, 6) is 0.403. The number of anilines is 1. The minimum Gasteiger partial charge on any atom is -0.339 e. The molecule has 1 aliphatic carbocycles. The van der Waals surface area contributed by atoms with Crippen LogP contribution >= 0.6 is 11.3 Å². The molecule has 9 heteroatoms. The number of para-hydroxylation sites is 2. The zero-order valence-corrected chi connectivity index (χ0v) is 21.6. The molecule has 0 unspecified atom stereocenters. The van der Waals surface area contributed by atoms with Gasteiger partial charge in [-0.2, -0.15) is 0 Å². The van der Waals surface area contributed by atoms with Crippen LogP contribution in [0, 0.1) is 5.41 Å². The summed E-state index contributed by atoms with van der Waals surface area (Å²) in [6.45, 7) is 5.78. The van der Waals surface area contributed by atoms with Gasteiger partial charge >= 0.3 is 0 Å². The van der Waals surface area contributed by atoms with Gasteiger partial charge in [-0.05, 0) is 61.1 Å². The summed E-state index contributed by atoms with van der Waals surface area (Å²) in [6.07, 6.45) is 7.97.